The lowest BCUT2D eigenvalue weighted by atomic mass is 9.80. The van der Waals surface area contributed by atoms with Crippen LogP contribution in [0.4, 0.5) is 0 Å². The fraction of sp³-hybridized carbons (Fsp3) is 0.257. The molecule has 5 rings (SSSR count). The third kappa shape index (κ3) is 7.61. The molecule has 46 heavy (non-hydrogen) atoms. The van der Waals surface area contributed by atoms with Gasteiger partial charge in [-0.05, 0) is 76.3 Å². The third-order valence-electron chi connectivity index (χ3n) is 7.68. The van der Waals surface area contributed by atoms with E-state index in [4.69, 9.17) is 41.4 Å². The second-order valence-electron chi connectivity index (χ2n) is 10.7. The topological polar surface area (TPSA) is 138 Å². The van der Waals surface area contributed by atoms with Gasteiger partial charge in [0, 0.05) is 41.5 Å². The van der Waals surface area contributed by atoms with Gasteiger partial charge in [0.15, 0.2) is 11.6 Å². The SMILES string of the molecule is COc1cccc([C@H]2OC(c3ccc(OCCCO)cc3)=N[C@@]2(Cc2ccccc2CN=[N+]=[N-])C(=O)NCc2ccc(Cl)cc2)c1. The molecule has 4 aromatic rings. The predicted octanol–water partition coefficient (Wildman–Crippen LogP) is 6.74. The fourth-order valence-corrected chi connectivity index (χ4v) is 5.43. The molecule has 0 saturated carbocycles. The maximum atomic E-state index is 14.6. The molecule has 0 fully saturated rings. The molecule has 0 spiro atoms. The van der Waals surface area contributed by atoms with Crippen molar-refractivity contribution in [1.82, 2.24) is 5.32 Å². The molecule has 0 aliphatic carbocycles. The Morgan fingerprint density at radius 1 is 1.04 bits per heavy atom. The van der Waals surface area contributed by atoms with Crippen LogP contribution in [-0.2, 0) is 29.0 Å². The summed E-state index contributed by atoms with van der Waals surface area (Å²) in [5, 5.41) is 16.6. The van der Waals surface area contributed by atoms with Crippen molar-refractivity contribution >= 4 is 23.4 Å². The van der Waals surface area contributed by atoms with Crippen LogP contribution < -0.4 is 14.8 Å². The monoisotopic (exact) mass is 639 g/mol. The number of benzene rings is 4. The van der Waals surface area contributed by atoms with Crippen LogP contribution in [0.15, 0.2) is 107 Å². The summed E-state index contributed by atoms with van der Waals surface area (Å²) >= 11 is 6.09. The van der Waals surface area contributed by atoms with Crippen molar-refractivity contribution in [2.75, 3.05) is 20.3 Å². The van der Waals surface area contributed by atoms with E-state index in [-0.39, 0.29) is 32.0 Å². The van der Waals surface area contributed by atoms with Crippen LogP contribution in [0.3, 0.4) is 0 Å². The number of aliphatic hydroxyl groups is 1. The maximum absolute atomic E-state index is 14.6. The zero-order valence-electron chi connectivity index (χ0n) is 25.3. The first-order chi connectivity index (χ1) is 22.5. The lowest BCUT2D eigenvalue weighted by Crippen LogP contribution is -2.49. The number of rotatable bonds is 14. The number of azide groups is 1. The summed E-state index contributed by atoms with van der Waals surface area (Å²) in [6.07, 6.45) is -0.158. The number of carbonyl (C=O) groups is 1. The van der Waals surface area contributed by atoms with E-state index in [0.717, 1.165) is 16.7 Å². The number of hydrogen-bond acceptors (Lipinski definition) is 7. The minimum atomic E-state index is -1.46. The average molecular weight is 640 g/mol. The number of halogens is 1. The predicted molar refractivity (Wildman–Crippen MR) is 176 cm³/mol. The molecule has 0 radical (unpaired) electrons. The molecule has 1 aliphatic heterocycles. The number of amides is 1. The second-order valence-corrected chi connectivity index (χ2v) is 11.1. The van der Waals surface area contributed by atoms with Gasteiger partial charge in [-0.2, -0.15) is 0 Å². The molecule has 0 saturated heterocycles. The third-order valence-corrected chi connectivity index (χ3v) is 7.93. The Bertz CT molecular complexity index is 1720. The Morgan fingerprint density at radius 2 is 1.80 bits per heavy atom. The zero-order valence-corrected chi connectivity index (χ0v) is 26.1. The highest BCUT2D eigenvalue weighted by molar-refractivity contribution is 6.30. The quantitative estimate of drug-likeness (QED) is 0.0681. The lowest BCUT2D eigenvalue weighted by molar-refractivity contribution is -0.129. The molecular formula is C35H34ClN5O5. The van der Waals surface area contributed by atoms with Gasteiger partial charge in [0.05, 0.1) is 20.3 Å². The first-order valence-corrected chi connectivity index (χ1v) is 15.2. The van der Waals surface area contributed by atoms with Gasteiger partial charge >= 0.3 is 0 Å². The molecule has 0 bridgehead atoms. The number of ether oxygens (including phenoxy) is 3. The van der Waals surface area contributed by atoms with Gasteiger partial charge in [-0.15, -0.1) is 0 Å². The van der Waals surface area contributed by atoms with Crippen molar-refractivity contribution in [3.8, 4) is 11.5 Å². The molecule has 2 N–H and O–H groups in total. The minimum Gasteiger partial charge on any atom is -0.497 e. The van der Waals surface area contributed by atoms with E-state index < -0.39 is 11.6 Å². The van der Waals surface area contributed by atoms with Crippen molar-refractivity contribution in [2.24, 2.45) is 10.1 Å². The Balaban J connectivity index is 1.60. The van der Waals surface area contributed by atoms with E-state index in [2.05, 4.69) is 15.3 Å². The van der Waals surface area contributed by atoms with E-state index in [1.807, 2.05) is 72.8 Å². The molecule has 0 unspecified atom stereocenters. The van der Waals surface area contributed by atoms with Crippen molar-refractivity contribution in [2.45, 2.75) is 37.6 Å². The van der Waals surface area contributed by atoms with E-state index in [1.54, 1.807) is 31.4 Å². The van der Waals surface area contributed by atoms with Crippen LogP contribution in [0.2, 0.25) is 5.02 Å². The van der Waals surface area contributed by atoms with Crippen LogP contribution in [0.1, 0.15) is 40.3 Å². The molecule has 1 aliphatic rings. The number of carbonyl (C=O) groups excluding carboxylic acids is 1. The number of aliphatic hydroxyl groups excluding tert-OH is 1. The average Bonchev–Trinajstić information content (AvgIpc) is 3.48. The first-order valence-electron chi connectivity index (χ1n) is 14.8. The standard InChI is InChI=1S/C35H34ClN5O5/c1-44-31-9-4-8-26(20-31)32-35(21-27-6-2-3-7-28(27)23-39-41-37,34(43)38-22-24-10-14-29(36)15-11-24)40-33(46-32)25-12-16-30(17-13-25)45-19-5-18-42/h2-4,6-17,20,32,42H,5,18-19,21-23H2,1H3,(H,38,43)/t32-,35-/m1/s1. The Hall–Kier alpha value is -5.02. The van der Waals surface area contributed by atoms with Crippen LogP contribution in [0, 0.1) is 0 Å². The fourth-order valence-electron chi connectivity index (χ4n) is 5.31. The van der Waals surface area contributed by atoms with Gasteiger partial charge in [-0.25, -0.2) is 4.99 Å². The largest absolute Gasteiger partial charge is 0.497 e. The number of nitrogens with zero attached hydrogens (tertiary/aromatic N) is 4. The smallest absolute Gasteiger partial charge is 0.252 e. The second kappa shape index (κ2) is 15.3. The highest BCUT2D eigenvalue weighted by Gasteiger charge is 2.53. The van der Waals surface area contributed by atoms with Crippen molar-refractivity contribution in [1.29, 1.82) is 0 Å². The Kier molecular flexibility index (Phi) is 10.8. The van der Waals surface area contributed by atoms with Crippen molar-refractivity contribution in [3.05, 3.63) is 140 Å². The summed E-state index contributed by atoms with van der Waals surface area (Å²) in [7, 11) is 1.58. The molecule has 4 aromatic carbocycles. The molecule has 11 heteroatoms. The van der Waals surface area contributed by atoms with Gasteiger partial charge in [0.2, 0.25) is 5.90 Å². The molecule has 2 atom stereocenters. The van der Waals surface area contributed by atoms with Crippen molar-refractivity contribution < 1.29 is 24.1 Å². The van der Waals surface area contributed by atoms with Gasteiger partial charge in [-0.1, -0.05) is 65.2 Å². The van der Waals surface area contributed by atoms with Crippen molar-refractivity contribution in [3.63, 3.8) is 0 Å². The van der Waals surface area contributed by atoms with E-state index in [9.17, 15) is 4.79 Å². The van der Waals surface area contributed by atoms with Crippen LogP contribution in [0.5, 0.6) is 11.5 Å². The highest BCUT2D eigenvalue weighted by atomic mass is 35.5. The van der Waals surface area contributed by atoms with Crippen LogP contribution >= 0.6 is 11.6 Å². The molecular weight excluding hydrogens is 606 g/mol. The van der Waals surface area contributed by atoms with E-state index >= 15 is 0 Å². The van der Waals surface area contributed by atoms with Gasteiger partial charge in [0.1, 0.15) is 11.5 Å². The normalized spacial score (nSPS) is 16.9. The summed E-state index contributed by atoms with van der Waals surface area (Å²) in [5.41, 5.74) is 11.4. The molecule has 1 heterocycles. The zero-order chi connectivity index (χ0) is 32.4. The highest BCUT2D eigenvalue weighted by Crippen LogP contribution is 2.43. The van der Waals surface area contributed by atoms with Gasteiger partial charge in [0.25, 0.3) is 5.91 Å². The Labute approximate surface area is 272 Å². The number of nitrogens with one attached hydrogen (secondary N) is 1. The first kappa shape index (κ1) is 32.4. The summed E-state index contributed by atoms with van der Waals surface area (Å²) in [6.45, 7) is 0.793. The summed E-state index contributed by atoms with van der Waals surface area (Å²) < 4.78 is 17.9. The molecule has 10 nitrogen and oxygen atoms in total. The van der Waals surface area contributed by atoms with Crippen LogP contribution in [0.25, 0.3) is 10.4 Å². The molecule has 0 aromatic heterocycles. The number of hydrogen-bond donors (Lipinski definition) is 2. The molecule has 236 valence electrons. The maximum Gasteiger partial charge on any atom is 0.252 e. The summed E-state index contributed by atoms with van der Waals surface area (Å²) in [6, 6.07) is 29.4. The number of aliphatic imine (C=N–C) groups is 1. The van der Waals surface area contributed by atoms with E-state index in [1.165, 1.54) is 0 Å². The van der Waals surface area contributed by atoms with Crippen LogP contribution in [-0.4, -0.2) is 42.8 Å². The minimum absolute atomic E-state index is 0.0442. The van der Waals surface area contributed by atoms with E-state index in [0.29, 0.717) is 46.6 Å². The summed E-state index contributed by atoms with van der Waals surface area (Å²) in [5.74, 6) is 1.20. The van der Waals surface area contributed by atoms with Gasteiger partial charge in [-0.3, -0.25) is 4.79 Å². The summed E-state index contributed by atoms with van der Waals surface area (Å²) in [4.78, 5) is 22.6. The Morgan fingerprint density at radius 3 is 2.52 bits per heavy atom. The lowest BCUT2D eigenvalue weighted by Gasteiger charge is -2.31. The van der Waals surface area contributed by atoms with Gasteiger partial charge < -0.3 is 24.6 Å². The molecule has 1 amide bonds. The number of methoxy groups -OCH3 is 1.